The maximum Gasteiger partial charge on any atom is 0.292 e. The van der Waals surface area contributed by atoms with Gasteiger partial charge in [0.15, 0.2) is 0 Å². The summed E-state index contributed by atoms with van der Waals surface area (Å²) in [5, 5.41) is 13.7. The van der Waals surface area contributed by atoms with Crippen LogP contribution in [0.5, 0.6) is 0 Å². The number of hydrogen-bond donors (Lipinski definition) is 1. The average Bonchev–Trinajstić information content (AvgIpc) is 3.27. The Bertz CT molecular complexity index is 551. The van der Waals surface area contributed by atoms with Crippen LogP contribution in [0.15, 0.2) is 10.6 Å². The van der Waals surface area contributed by atoms with E-state index in [2.05, 4.69) is 23.9 Å². The Morgan fingerprint density at radius 1 is 1.33 bits per heavy atom. The lowest BCUT2D eigenvalue weighted by Crippen LogP contribution is -2.32. The maximum atomic E-state index is 12.7. The molecule has 0 bridgehead atoms. The molecule has 6 heteroatoms. The number of aliphatic hydroxyl groups is 1. The number of carbonyl (C=O) groups is 1. The summed E-state index contributed by atoms with van der Waals surface area (Å²) in [4.78, 5) is 17.0. The number of amides is 1. The number of likely N-dealkylation sites (tertiary alicyclic amines) is 2. The van der Waals surface area contributed by atoms with Crippen molar-refractivity contribution in [1.29, 1.82) is 0 Å². The number of hydrogen-bond acceptors (Lipinski definition) is 5. The van der Waals surface area contributed by atoms with Gasteiger partial charge in [-0.1, -0.05) is 19.0 Å². The summed E-state index contributed by atoms with van der Waals surface area (Å²) in [6.45, 7) is 8.93. The molecule has 2 saturated heterocycles. The molecule has 1 aromatic heterocycles. The highest BCUT2D eigenvalue weighted by molar-refractivity contribution is 5.91. The normalized spacial score (nSPS) is 25.1. The molecule has 0 radical (unpaired) electrons. The van der Waals surface area contributed by atoms with Gasteiger partial charge in [-0.2, -0.15) is 0 Å². The second-order valence-corrected chi connectivity index (χ2v) is 7.70. The van der Waals surface area contributed by atoms with E-state index in [1.54, 1.807) is 6.07 Å². The number of aliphatic hydroxyl groups excluding tert-OH is 1. The third kappa shape index (κ3) is 3.98. The van der Waals surface area contributed by atoms with Crippen molar-refractivity contribution in [1.82, 2.24) is 15.0 Å². The van der Waals surface area contributed by atoms with Gasteiger partial charge in [0.05, 0.1) is 5.69 Å². The third-order valence-corrected chi connectivity index (χ3v) is 5.18. The standard InChI is InChI=1S/C18H29N3O3/c1-13(2)7-16-8-17(24-19-16)18(23)21-10-14(15(11-21)12-22)9-20-5-3-4-6-20/h8,13-15,22H,3-7,9-12H2,1-2H3/t14-,15-/m1/s1. The van der Waals surface area contributed by atoms with Crippen LogP contribution in [0.2, 0.25) is 0 Å². The largest absolute Gasteiger partial charge is 0.396 e. The quantitative estimate of drug-likeness (QED) is 0.856. The highest BCUT2D eigenvalue weighted by atomic mass is 16.5. The first-order chi connectivity index (χ1) is 11.6. The fourth-order valence-corrected chi connectivity index (χ4v) is 3.90. The third-order valence-electron chi connectivity index (χ3n) is 5.18. The first-order valence-electron chi connectivity index (χ1n) is 9.15. The van der Waals surface area contributed by atoms with Gasteiger partial charge in [-0.05, 0) is 44.2 Å². The van der Waals surface area contributed by atoms with Crippen LogP contribution in [0.3, 0.4) is 0 Å². The Kier molecular flexibility index (Phi) is 5.56. The Hall–Kier alpha value is -1.40. The molecule has 3 rings (SSSR count). The summed E-state index contributed by atoms with van der Waals surface area (Å²) in [5.41, 5.74) is 0.833. The molecule has 1 amide bonds. The zero-order chi connectivity index (χ0) is 17.1. The lowest BCUT2D eigenvalue weighted by Gasteiger charge is -2.22. The molecule has 0 aliphatic carbocycles. The molecule has 0 spiro atoms. The maximum absolute atomic E-state index is 12.7. The van der Waals surface area contributed by atoms with Crippen LogP contribution in [0.4, 0.5) is 0 Å². The van der Waals surface area contributed by atoms with Crippen LogP contribution in [0, 0.1) is 17.8 Å². The summed E-state index contributed by atoms with van der Waals surface area (Å²) >= 11 is 0. The molecule has 24 heavy (non-hydrogen) atoms. The number of carbonyl (C=O) groups excluding carboxylic acids is 1. The molecule has 134 valence electrons. The first-order valence-corrected chi connectivity index (χ1v) is 9.15. The van der Waals surface area contributed by atoms with Crippen molar-refractivity contribution in [3.05, 3.63) is 17.5 Å². The van der Waals surface area contributed by atoms with Crippen LogP contribution < -0.4 is 0 Å². The highest BCUT2D eigenvalue weighted by Gasteiger charge is 2.37. The van der Waals surface area contributed by atoms with E-state index < -0.39 is 0 Å². The summed E-state index contributed by atoms with van der Waals surface area (Å²) in [5.74, 6) is 1.21. The molecule has 1 aromatic rings. The minimum absolute atomic E-state index is 0.0973. The number of nitrogens with zero attached hydrogens (tertiary/aromatic N) is 3. The van der Waals surface area contributed by atoms with Gasteiger partial charge in [0.1, 0.15) is 0 Å². The van der Waals surface area contributed by atoms with Crippen molar-refractivity contribution in [3.8, 4) is 0 Å². The molecule has 2 aliphatic rings. The smallest absolute Gasteiger partial charge is 0.292 e. The lowest BCUT2D eigenvalue weighted by molar-refractivity contribution is 0.0737. The molecule has 6 nitrogen and oxygen atoms in total. The molecular formula is C18H29N3O3. The Morgan fingerprint density at radius 3 is 2.71 bits per heavy atom. The van der Waals surface area contributed by atoms with E-state index in [-0.39, 0.29) is 18.4 Å². The van der Waals surface area contributed by atoms with Crippen LogP contribution in [0.25, 0.3) is 0 Å². The molecule has 1 N–H and O–H groups in total. The molecule has 2 fully saturated rings. The van der Waals surface area contributed by atoms with Gasteiger partial charge in [0.25, 0.3) is 5.91 Å². The molecule has 0 aromatic carbocycles. The van der Waals surface area contributed by atoms with Crippen molar-refractivity contribution >= 4 is 5.91 Å². The van der Waals surface area contributed by atoms with Crippen LogP contribution in [-0.2, 0) is 6.42 Å². The Balaban J connectivity index is 1.61. The fourth-order valence-electron chi connectivity index (χ4n) is 3.90. The minimum atomic E-state index is -0.0973. The Labute approximate surface area is 143 Å². The van der Waals surface area contributed by atoms with Crippen molar-refractivity contribution in [2.45, 2.75) is 33.1 Å². The average molecular weight is 335 g/mol. The monoisotopic (exact) mass is 335 g/mol. The lowest BCUT2D eigenvalue weighted by atomic mass is 9.96. The molecule has 3 heterocycles. The molecule has 0 saturated carbocycles. The van der Waals surface area contributed by atoms with Crippen molar-refractivity contribution in [2.24, 2.45) is 17.8 Å². The first kappa shape index (κ1) is 17.4. The van der Waals surface area contributed by atoms with Crippen molar-refractivity contribution < 1.29 is 14.4 Å². The van der Waals surface area contributed by atoms with E-state index >= 15 is 0 Å². The van der Waals surface area contributed by atoms with Crippen LogP contribution in [-0.4, -0.2) is 65.3 Å². The zero-order valence-electron chi connectivity index (χ0n) is 14.8. The highest BCUT2D eigenvalue weighted by Crippen LogP contribution is 2.27. The predicted molar refractivity (Wildman–Crippen MR) is 90.7 cm³/mol. The SMILES string of the molecule is CC(C)Cc1cc(C(=O)N2C[C@@H](CN3CCCC3)[C@@H](CO)C2)on1. The summed E-state index contributed by atoms with van der Waals surface area (Å²) in [6, 6.07) is 1.77. The van der Waals surface area contributed by atoms with Crippen LogP contribution in [0.1, 0.15) is 42.9 Å². The van der Waals surface area contributed by atoms with Gasteiger partial charge in [-0.3, -0.25) is 4.79 Å². The summed E-state index contributed by atoms with van der Waals surface area (Å²) in [7, 11) is 0. The summed E-state index contributed by atoms with van der Waals surface area (Å²) in [6.07, 6.45) is 3.33. The molecular weight excluding hydrogens is 306 g/mol. The number of rotatable bonds is 6. The molecule has 0 unspecified atom stereocenters. The van der Waals surface area contributed by atoms with E-state index in [4.69, 9.17) is 4.52 Å². The van der Waals surface area contributed by atoms with Crippen LogP contribution >= 0.6 is 0 Å². The van der Waals surface area contributed by atoms with E-state index in [9.17, 15) is 9.90 Å². The van der Waals surface area contributed by atoms with Gasteiger partial charge in [0, 0.05) is 38.2 Å². The van der Waals surface area contributed by atoms with Gasteiger partial charge < -0.3 is 19.4 Å². The second kappa shape index (κ2) is 7.66. The van der Waals surface area contributed by atoms with Gasteiger partial charge >= 0.3 is 0 Å². The predicted octanol–water partition coefficient (Wildman–Crippen LogP) is 1.65. The van der Waals surface area contributed by atoms with E-state index in [1.165, 1.54) is 12.8 Å². The fraction of sp³-hybridized carbons (Fsp3) is 0.778. The Morgan fingerprint density at radius 2 is 2.04 bits per heavy atom. The van der Waals surface area contributed by atoms with Gasteiger partial charge in [-0.25, -0.2) is 0 Å². The topological polar surface area (TPSA) is 69.8 Å². The van der Waals surface area contributed by atoms with Crippen molar-refractivity contribution in [3.63, 3.8) is 0 Å². The van der Waals surface area contributed by atoms with E-state index in [1.807, 2.05) is 4.90 Å². The van der Waals surface area contributed by atoms with E-state index in [0.29, 0.717) is 30.7 Å². The van der Waals surface area contributed by atoms with Crippen molar-refractivity contribution in [2.75, 3.05) is 39.3 Å². The number of aromatic nitrogens is 1. The van der Waals surface area contributed by atoms with Gasteiger partial charge in [-0.15, -0.1) is 0 Å². The molecule has 2 atom stereocenters. The second-order valence-electron chi connectivity index (χ2n) is 7.70. The summed E-state index contributed by atoms with van der Waals surface area (Å²) < 4.78 is 5.26. The zero-order valence-corrected chi connectivity index (χ0v) is 14.8. The van der Waals surface area contributed by atoms with E-state index in [0.717, 1.165) is 31.7 Å². The van der Waals surface area contributed by atoms with Gasteiger partial charge in [0.2, 0.25) is 5.76 Å². The molecule has 2 aliphatic heterocycles. The minimum Gasteiger partial charge on any atom is -0.396 e.